The normalized spacial score (nSPS) is 13.7. The first-order valence-electron chi connectivity index (χ1n) is 9.66. The Hall–Kier alpha value is -1.59. The van der Waals surface area contributed by atoms with Crippen LogP contribution in [0.5, 0.6) is 5.75 Å². The van der Waals surface area contributed by atoms with Crippen molar-refractivity contribution in [1.82, 2.24) is 4.90 Å². The smallest absolute Gasteiger partial charge is 0.256 e. The topological polar surface area (TPSA) is 50.8 Å². The van der Waals surface area contributed by atoms with E-state index in [0.29, 0.717) is 18.9 Å². The van der Waals surface area contributed by atoms with Crippen LogP contribution >= 0.6 is 0 Å². The van der Waals surface area contributed by atoms with E-state index < -0.39 is 5.60 Å². The van der Waals surface area contributed by atoms with Gasteiger partial charge in [0.25, 0.3) is 5.91 Å². The molecule has 0 bridgehead atoms. The first-order valence-corrected chi connectivity index (χ1v) is 9.66. The summed E-state index contributed by atoms with van der Waals surface area (Å²) < 4.78 is 11.3. The fourth-order valence-corrected chi connectivity index (χ4v) is 2.96. The van der Waals surface area contributed by atoms with Crippen molar-refractivity contribution in [1.29, 1.82) is 0 Å². The number of nitrogens with one attached hydrogen (secondary N) is 1. The number of benzene rings is 1. The highest BCUT2D eigenvalue weighted by Crippen LogP contribution is 2.23. The number of methoxy groups -OCH3 is 1. The van der Waals surface area contributed by atoms with Gasteiger partial charge in [-0.15, -0.1) is 0 Å². The largest absolute Gasteiger partial charge is 0.494 e. The quantitative estimate of drug-likeness (QED) is 0.565. The Morgan fingerprint density at radius 1 is 1.19 bits per heavy atom. The number of hydrogen-bond donors (Lipinski definition) is 1. The summed E-state index contributed by atoms with van der Waals surface area (Å²) in [7, 11) is 1.58. The molecule has 1 N–H and O–H groups in total. The van der Waals surface area contributed by atoms with Gasteiger partial charge >= 0.3 is 0 Å². The second kappa shape index (κ2) is 11.2. The molecular weight excluding hydrogens is 328 g/mol. The average molecular weight is 365 g/mol. The van der Waals surface area contributed by atoms with Crippen LogP contribution in [-0.4, -0.2) is 49.8 Å². The molecule has 1 unspecified atom stereocenters. The number of amides is 1. The fraction of sp³-hybridized carbons (Fsp3) is 0.667. The Balaban J connectivity index is 2.50. The number of carbonyl (C=O) groups excluding carboxylic acids is 1. The molecule has 5 heteroatoms. The third-order valence-corrected chi connectivity index (χ3v) is 4.62. The Bertz CT molecular complexity index is 527. The Morgan fingerprint density at radius 2 is 1.81 bits per heavy atom. The van der Waals surface area contributed by atoms with Crippen molar-refractivity contribution in [2.75, 3.05) is 38.7 Å². The van der Waals surface area contributed by atoms with Crippen LogP contribution < -0.4 is 10.1 Å². The monoisotopic (exact) mass is 364 g/mol. The van der Waals surface area contributed by atoms with Gasteiger partial charge in [-0.3, -0.25) is 4.79 Å². The van der Waals surface area contributed by atoms with E-state index in [1.165, 1.54) is 0 Å². The van der Waals surface area contributed by atoms with Gasteiger partial charge < -0.3 is 19.7 Å². The van der Waals surface area contributed by atoms with Crippen LogP contribution in [0.15, 0.2) is 24.3 Å². The molecule has 0 aromatic heterocycles. The van der Waals surface area contributed by atoms with E-state index in [1.807, 2.05) is 31.2 Å². The molecule has 0 radical (unpaired) electrons. The van der Waals surface area contributed by atoms with Gasteiger partial charge in [0.15, 0.2) is 0 Å². The maximum atomic E-state index is 12.5. The summed E-state index contributed by atoms with van der Waals surface area (Å²) in [6.45, 7) is 14.2. The first-order chi connectivity index (χ1) is 12.3. The first kappa shape index (κ1) is 22.5. The van der Waals surface area contributed by atoms with Crippen molar-refractivity contribution in [3.05, 3.63) is 24.3 Å². The van der Waals surface area contributed by atoms with Crippen LogP contribution in [0.2, 0.25) is 0 Å². The zero-order valence-electron chi connectivity index (χ0n) is 17.3. The maximum absolute atomic E-state index is 12.5. The van der Waals surface area contributed by atoms with E-state index >= 15 is 0 Å². The lowest BCUT2D eigenvalue weighted by Gasteiger charge is -2.28. The van der Waals surface area contributed by atoms with Gasteiger partial charge in [0.2, 0.25) is 0 Å². The number of hydrogen-bond acceptors (Lipinski definition) is 4. The molecule has 0 aliphatic carbocycles. The highest BCUT2D eigenvalue weighted by Gasteiger charge is 2.33. The van der Waals surface area contributed by atoms with E-state index in [1.54, 1.807) is 7.11 Å². The van der Waals surface area contributed by atoms with Crippen molar-refractivity contribution in [2.45, 2.75) is 53.1 Å². The van der Waals surface area contributed by atoms with Gasteiger partial charge in [0.1, 0.15) is 11.4 Å². The summed E-state index contributed by atoms with van der Waals surface area (Å²) in [5.41, 5.74) is -0.0779. The van der Waals surface area contributed by atoms with E-state index in [-0.39, 0.29) is 5.91 Å². The van der Waals surface area contributed by atoms with Crippen LogP contribution in [0.4, 0.5) is 5.69 Å². The third-order valence-electron chi connectivity index (χ3n) is 4.62. The zero-order chi connectivity index (χ0) is 19.6. The summed E-state index contributed by atoms with van der Waals surface area (Å²) in [4.78, 5) is 14.9. The minimum atomic E-state index is -0.826. The van der Waals surface area contributed by atoms with Crippen LogP contribution in [0.3, 0.4) is 0 Å². The number of anilines is 1. The lowest BCUT2D eigenvalue weighted by atomic mass is 9.93. The van der Waals surface area contributed by atoms with Gasteiger partial charge in [0.05, 0.1) is 6.61 Å². The molecule has 1 rings (SSSR count). The molecule has 0 saturated carbocycles. The molecule has 0 aliphatic heterocycles. The highest BCUT2D eigenvalue weighted by molar-refractivity contribution is 5.97. The molecular formula is C21H36N2O3. The summed E-state index contributed by atoms with van der Waals surface area (Å²) in [5.74, 6) is 1.07. The molecule has 0 aliphatic rings. The second-order valence-corrected chi connectivity index (χ2v) is 7.24. The molecule has 0 spiro atoms. The predicted octanol–water partition coefficient (Wildman–Crippen LogP) is 4.19. The number of carbonyl (C=O) groups is 1. The fourth-order valence-electron chi connectivity index (χ4n) is 2.96. The minimum absolute atomic E-state index is 0.124. The molecule has 0 saturated heterocycles. The Labute approximate surface area is 159 Å². The SMILES string of the molecule is CCN(CC)CCCOc1ccc(NC(=O)C(C)(CC(C)C)OC)cc1. The lowest BCUT2D eigenvalue weighted by Crippen LogP contribution is -2.43. The Morgan fingerprint density at radius 3 is 2.31 bits per heavy atom. The van der Waals surface area contributed by atoms with Gasteiger partial charge in [-0.2, -0.15) is 0 Å². The van der Waals surface area contributed by atoms with Gasteiger partial charge in [0, 0.05) is 19.3 Å². The van der Waals surface area contributed by atoms with Gasteiger partial charge in [-0.25, -0.2) is 0 Å². The van der Waals surface area contributed by atoms with E-state index in [4.69, 9.17) is 9.47 Å². The van der Waals surface area contributed by atoms with E-state index in [2.05, 4.69) is 37.9 Å². The molecule has 0 fully saturated rings. The van der Waals surface area contributed by atoms with Crippen molar-refractivity contribution < 1.29 is 14.3 Å². The van der Waals surface area contributed by atoms with Crippen LogP contribution in [0.25, 0.3) is 0 Å². The molecule has 0 heterocycles. The van der Waals surface area contributed by atoms with Crippen molar-refractivity contribution in [3.8, 4) is 5.75 Å². The highest BCUT2D eigenvalue weighted by atomic mass is 16.5. The van der Waals surface area contributed by atoms with Crippen molar-refractivity contribution >= 4 is 11.6 Å². The van der Waals surface area contributed by atoms with Crippen molar-refractivity contribution in [3.63, 3.8) is 0 Å². The second-order valence-electron chi connectivity index (χ2n) is 7.24. The van der Waals surface area contributed by atoms with Gasteiger partial charge in [-0.1, -0.05) is 27.7 Å². The number of ether oxygens (including phenoxy) is 2. The third kappa shape index (κ3) is 7.34. The van der Waals surface area contributed by atoms with Gasteiger partial charge in [-0.05, 0) is 63.0 Å². The van der Waals surface area contributed by atoms with E-state index in [9.17, 15) is 4.79 Å². The minimum Gasteiger partial charge on any atom is -0.494 e. The number of rotatable bonds is 12. The standard InChI is InChI=1S/C21H36N2O3/c1-7-23(8-2)14-9-15-26-19-12-10-18(11-13-19)22-20(24)21(5,25-6)16-17(3)4/h10-13,17H,7-9,14-16H2,1-6H3,(H,22,24). The molecule has 1 aromatic carbocycles. The summed E-state index contributed by atoms with van der Waals surface area (Å²) >= 11 is 0. The molecule has 1 aromatic rings. The Kier molecular flexibility index (Phi) is 9.66. The zero-order valence-corrected chi connectivity index (χ0v) is 17.3. The summed E-state index contributed by atoms with van der Waals surface area (Å²) in [6, 6.07) is 7.51. The lowest BCUT2D eigenvalue weighted by molar-refractivity contribution is -0.137. The molecule has 148 valence electrons. The molecule has 26 heavy (non-hydrogen) atoms. The van der Waals surface area contributed by atoms with Crippen LogP contribution in [-0.2, 0) is 9.53 Å². The number of nitrogens with zero attached hydrogens (tertiary/aromatic N) is 1. The molecule has 1 amide bonds. The van der Waals surface area contributed by atoms with Crippen LogP contribution in [0, 0.1) is 5.92 Å². The average Bonchev–Trinajstić information content (AvgIpc) is 2.62. The molecule has 5 nitrogen and oxygen atoms in total. The van der Waals surface area contributed by atoms with E-state index in [0.717, 1.165) is 37.5 Å². The van der Waals surface area contributed by atoms with Crippen molar-refractivity contribution in [2.24, 2.45) is 5.92 Å². The molecule has 1 atom stereocenters. The summed E-state index contributed by atoms with van der Waals surface area (Å²) in [5, 5.41) is 2.94. The maximum Gasteiger partial charge on any atom is 0.256 e. The van der Waals surface area contributed by atoms with Crippen LogP contribution in [0.1, 0.15) is 47.5 Å². The predicted molar refractivity (Wildman–Crippen MR) is 108 cm³/mol. The summed E-state index contributed by atoms with van der Waals surface area (Å²) in [6.07, 6.45) is 1.67.